The minimum atomic E-state index is -0.113. The Kier molecular flexibility index (Phi) is 4.12. The van der Waals surface area contributed by atoms with Crippen molar-refractivity contribution in [2.75, 3.05) is 13.7 Å². The van der Waals surface area contributed by atoms with E-state index in [1.54, 1.807) is 18.2 Å². The van der Waals surface area contributed by atoms with Crippen LogP contribution in [0.15, 0.2) is 42.9 Å². The van der Waals surface area contributed by atoms with Gasteiger partial charge in [-0.2, -0.15) is 0 Å². The molecule has 0 unspecified atom stereocenters. The van der Waals surface area contributed by atoms with Crippen molar-refractivity contribution in [1.82, 2.24) is 24.4 Å². The van der Waals surface area contributed by atoms with Gasteiger partial charge in [0.15, 0.2) is 0 Å². The van der Waals surface area contributed by atoms with Gasteiger partial charge in [-0.25, -0.2) is 9.97 Å². The van der Waals surface area contributed by atoms with Crippen molar-refractivity contribution < 1.29 is 9.53 Å². The summed E-state index contributed by atoms with van der Waals surface area (Å²) in [6, 6.07) is 7.90. The zero-order valence-corrected chi connectivity index (χ0v) is 14.7. The van der Waals surface area contributed by atoms with E-state index in [-0.39, 0.29) is 5.91 Å². The molecule has 26 heavy (non-hydrogen) atoms. The topological polar surface area (TPSA) is 73.1 Å². The fourth-order valence-electron chi connectivity index (χ4n) is 3.09. The molecule has 0 atom stereocenters. The highest BCUT2D eigenvalue weighted by Crippen LogP contribution is 2.26. The molecule has 7 nitrogen and oxygen atoms in total. The van der Waals surface area contributed by atoms with Gasteiger partial charge in [-0.1, -0.05) is 0 Å². The predicted octanol–water partition coefficient (Wildman–Crippen LogP) is 2.31. The maximum Gasteiger partial charge on any atom is 0.274 e. The van der Waals surface area contributed by atoms with E-state index >= 15 is 0 Å². The highest BCUT2D eigenvalue weighted by Gasteiger charge is 2.25. The molecular weight excluding hydrogens is 330 g/mol. The number of methoxy groups -OCH3 is 1. The van der Waals surface area contributed by atoms with Crippen LogP contribution in [0.5, 0.6) is 5.75 Å². The lowest BCUT2D eigenvalue weighted by molar-refractivity contribution is 0.0701. The van der Waals surface area contributed by atoms with E-state index in [1.807, 2.05) is 37.4 Å². The molecule has 1 aliphatic rings. The molecule has 1 aromatic carbocycles. The van der Waals surface area contributed by atoms with Crippen LogP contribution in [0.2, 0.25) is 0 Å². The first-order valence-corrected chi connectivity index (χ1v) is 8.42. The van der Waals surface area contributed by atoms with Crippen LogP contribution in [0.3, 0.4) is 0 Å². The molecule has 0 N–H and O–H groups in total. The Labute approximate surface area is 151 Å². The Bertz CT molecular complexity index is 932. The first-order chi connectivity index (χ1) is 12.7. The lowest BCUT2D eigenvalue weighted by Crippen LogP contribution is -2.39. The Balaban J connectivity index is 1.55. The maximum atomic E-state index is 12.6. The van der Waals surface area contributed by atoms with Gasteiger partial charge in [0, 0.05) is 24.8 Å². The number of aryl methyl sites for hydroxylation is 1. The van der Waals surface area contributed by atoms with Crippen molar-refractivity contribution in [3.8, 4) is 17.0 Å². The number of hydrogen-bond donors (Lipinski definition) is 0. The van der Waals surface area contributed by atoms with E-state index < -0.39 is 0 Å². The van der Waals surface area contributed by atoms with E-state index in [1.165, 1.54) is 6.20 Å². The summed E-state index contributed by atoms with van der Waals surface area (Å²) in [6.07, 6.45) is 5.00. The zero-order chi connectivity index (χ0) is 18.1. The van der Waals surface area contributed by atoms with Crippen LogP contribution in [-0.2, 0) is 13.1 Å². The van der Waals surface area contributed by atoms with Gasteiger partial charge in [0.05, 0.1) is 37.4 Å². The molecule has 3 heterocycles. The number of carbonyl (C=O) groups is 1. The third-order valence-electron chi connectivity index (χ3n) is 4.54. The largest absolute Gasteiger partial charge is 0.497 e. The smallest absolute Gasteiger partial charge is 0.274 e. The number of amides is 1. The monoisotopic (exact) mass is 349 g/mol. The molecule has 0 fully saturated rings. The summed E-state index contributed by atoms with van der Waals surface area (Å²) in [5.74, 6) is 1.58. The predicted molar refractivity (Wildman–Crippen MR) is 95.7 cm³/mol. The maximum absolute atomic E-state index is 12.6. The van der Waals surface area contributed by atoms with Gasteiger partial charge in [-0.3, -0.25) is 9.78 Å². The second-order valence-electron chi connectivity index (χ2n) is 6.21. The second-order valence-corrected chi connectivity index (χ2v) is 6.21. The van der Waals surface area contributed by atoms with E-state index in [0.717, 1.165) is 28.5 Å². The van der Waals surface area contributed by atoms with E-state index in [9.17, 15) is 4.79 Å². The van der Waals surface area contributed by atoms with Crippen LogP contribution in [0.25, 0.3) is 11.3 Å². The fourth-order valence-corrected chi connectivity index (χ4v) is 3.09. The number of aromatic nitrogens is 4. The second kappa shape index (κ2) is 6.59. The Morgan fingerprint density at radius 1 is 1.04 bits per heavy atom. The molecule has 2 aromatic heterocycles. The standard InChI is InChI=1S/C19H19N5O2/c1-13-9-21-16(10-20-13)19(25)23-7-8-24-17(11-22-18(24)12-23)14-3-5-15(26-2)6-4-14/h3-6,9-11H,7-8,12H2,1-2H3. The molecule has 0 saturated heterocycles. The van der Waals surface area contributed by atoms with E-state index in [0.29, 0.717) is 25.3 Å². The van der Waals surface area contributed by atoms with Gasteiger partial charge in [0.2, 0.25) is 0 Å². The first-order valence-electron chi connectivity index (χ1n) is 8.42. The molecule has 0 spiro atoms. The molecule has 3 aromatic rings. The lowest BCUT2D eigenvalue weighted by Gasteiger charge is -2.28. The highest BCUT2D eigenvalue weighted by atomic mass is 16.5. The fraction of sp³-hybridized carbons (Fsp3) is 0.263. The van der Waals surface area contributed by atoms with Crippen molar-refractivity contribution in [2.24, 2.45) is 0 Å². The quantitative estimate of drug-likeness (QED) is 0.725. The summed E-state index contributed by atoms with van der Waals surface area (Å²) in [6.45, 7) is 3.62. The minimum absolute atomic E-state index is 0.113. The van der Waals surface area contributed by atoms with Crippen molar-refractivity contribution in [1.29, 1.82) is 0 Å². The van der Waals surface area contributed by atoms with Gasteiger partial charge in [0.25, 0.3) is 5.91 Å². The van der Waals surface area contributed by atoms with Gasteiger partial charge in [-0.05, 0) is 31.2 Å². The Morgan fingerprint density at radius 3 is 2.54 bits per heavy atom. The third kappa shape index (κ3) is 2.92. The number of imidazole rings is 1. The summed E-state index contributed by atoms with van der Waals surface area (Å²) < 4.78 is 7.37. The van der Waals surface area contributed by atoms with E-state index in [2.05, 4.69) is 19.5 Å². The van der Waals surface area contributed by atoms with Gasteiger partial charge in [0.1, 0.15) is 17.3 Å². The van der Waals surface area contributed by atoms with Crippen molar-refractivity contribution in [3.05, 3.63) is 60.1 Å². The summed E-state index contributed by atoms with van der Waals surface area (Å²) in [5.41, 5.74) is 3.28. The summed E-state index contributed by atoms with van der Waals surface area (Å²) in [7, 11) is 1.65. The van der Waals surface area contributed by atoms with Crippen LogP contribution in [0.1, 0.15) is 22.0 Å². The molecular formula is C19H19N5O2. The lowest BCUT2D eigenvalue weighted by atomic mass is 10.1. The molecule has 1 amide bonds. The van der Waals surface area contributed by atoms with Gasteiger partial charge in [-0.15, -0.1) is 0 Å². The number of fused-ring (bicyclic) bond motifs is 1. The third-order valence-corrected chi connectivity index (χ3v) is 4.54. The van der Waals surface area contributed by atoms with Crippen LogP contribution in [0.4, 0.5) is 0 Å². The number of ether oxygens (including phenoxy) is 1. The van der Waals surface area contributed by atoms with Crippen LogP contribution in [0, 0.1) is 6.92 Å². The van der Waals surface area contributed by atoms with E-state index in [4.69, 9.17) is 4.74 Å². The van der Waals surface area contributed by atoms with Crippen molar-refractivity contribution >= 4 is 5.91 Å². The normalized spacial score (nSPS) is 13.4. The molecule has 1 aliphatic heterocycles. The van der Waals surface area contributed by atoms with Gasteiger partial charge >= 0.3 is 0 Å². The molecule has 0 saturated carbocycles. The number of carbonyl (C=O) groups excluding carboxylic acids is 1. The Morgan fingerprint density at radius 2 is 1.85 bits per heavy atom. The van der Waals surface area contributed by atoms with Crippen LogP contribution in [-0.4, -0.2) is 44.0 Å². The molecule has 0 bridgehead atoms. The summed E-state index contributed by atoms with van der Waals surface area (Å²) in [4.78, 5) is 27.3. The molecule has 7 heteroatoms. The van der Waals surface area contributed by atoms with Gasteiger partial charge < -0.3 is 14.2 Å². The summed E-state index contributed by atoms with van der Waals surface area (Å²) >= 11 is 0. The average Bonchev–Trinajstić information content (AvgIpc) is 3.11. The Hall–Kier alpha value is -3.22. The first kappa shape index (κ1) is 16.3. The molecule has 0 aliphatic carbocycles. The number of rotatable bonds is 3. The van der Waals surface area contributed by atoms with Crippen LogP contribution < -0.4 is 4.74 Å². The van der Waals surface area contributed by atoms with Crippen molar-refractivity contribution in [3.63, 3.8) is 0 Å². The number of hydrogen-bond acceptors (Lipinski definition) is 5. The number of benzene rings is 1. The molecule has 132 valence electrons. The summed E-state index contributed by atoms with van der Waals surface area (Å²) in [5, 5.41) is 0. The molecule has 0 radical (unpaired) electrons. The average molecular weight is 349 g/mol. The zero-order valence-electron chi connectivity index (χ0n) is 14.7. The van der Waals surface area contributed by atoms with Crippen LogP contribution >= 0.6 is 0 Å². The van der Waals surface area contributed by atoms with Crippen molar-refractivity contribution in [2.45, 2.75) is 20.0 Å². The molecule has 4 rings (SSSR count). The minimum Gasteiger partial charge on any atom is -0.497 e. The SMILES string of the molecule is COc1ccc(-c2cnc3n2CCN(C(=O)c2cnc(C)cn2)C3)cc1. The highest BCUT2D eigenvalue weighted by molar-refractivity contribution is 5.92. The number of nitrogens with zero attached hydrogens (tertiary/aromatic N) is 5.